The van der Waals surface area contributed by atoms with Crippen LogP contribution in [0.15, 0.2) is 18.2 Å². The third-order valence-corrected chi connectivity index (χ3v) is 3.82. The third-order valence-electron chi connectivity index (χ3n) is 3.58. The molecule has 1 heterocycles. The topological polar surface area (TPSA) is 24.5 Å². The van der Waals surface area contributed by atoms with Gasteiger partial charge in [0.1, 0.15) is 5.75 Å². The summed E-state index contributed by atoms with van der Waals surface area (Å²) in [6.07, 6.45) is 3.93. The van der Waals surface area contributed by atoms with E-state index in [-0.39, 0.29) is 0 Å². The molecule has 0 amide bonds. The van der Waals surface area contributed by atoms with E-state index in [1.54, 1.807) is 7.11 Å². The molecular weight excluding hydrogens is 260 g/mol. The van der Waals surface area contributed by atoms with Crippen molar-refractivity contribution in [2.24, 2.45) is 0 Å². The fourth-order valence-electron chi connectivity index (χ4n) is 2.54. The lowest BCUT2D eigenvalue weighted by Crippen LogP contribution is -2.24. The normalized spacial score (nSPS) is 15.9. The van der Waals surface area contributed by atoms with E-state index in [9.17, 15) is 0 Å². The van der Waals surface area contributed by atoms with Gasteiger partial charge in [0, 0.05) is 17.1 Å². The summed E-state index contributed by atoms with van der Waals surface area (Å²) < 4.78 is 5.33. The Labute approximate surface area is 120 Å². The molecule has 4 heteroatoms. The molecule has 1 fully saturated rings. The van der Waals surface area contributed by atoms with Crippen LogP contribution >= 0.6 is 11.6 Å². The lowest BCUT2D eigenvalue weighted by Gasteiger charge is -2.14. The molecule has 0 radical (unpaired) electrons. The molecule has 1 saturated heterocycles. The maximum atomic E-state index is 6.01. The van der Waals surface area contributed by atoms with Crippen LogP contribution in [0.5, 0.6) is 5.75 Å². The van der Waals surface area contributed by atoms with Gasteiger partial charge in [-0.15, -0.1) is 0 Å². The predicted molar refractivity (Wildman–Crippen MR) is 80.0 cm³/mol. The first-order valence-electron chi connectivity index (χ1n) is 7.05. The minimum atomic E-state index is 0.759. The molecule has 1 aromatic carbocycles. The van der Waals surface area contributed by atoms with E-state index in [0.29, 0.717) is 0 Å². The summed E-state index contributed by atoms with van der Waals surface area (Å²) in [6, 6.07) is 5.74. The molecule has 106 valence electrons. The first-order chi connectivity index (χ1) is 9.29. The zero-order chi connectivity index (χ0) is 13.5. The number of likely N-dealkylation sites (tertiary alicyclic amines) is 1. The highest BCUT2D eigenvalue weighted by molar-refractivity contribution is 6.30. The molecule has 0 unspecified atom stereocenters. The second-order valence-corrected chi connectivity index (χ2v) is 5.47. The zero-order valence-electron chi connectivity index (χ0n) is 11.6. The SMILES string of the molecule is COc1ccc(Cl)cc1CNCCCN1CCCC1. The van der Waals surface area contributed by atoms with Gasteiger partial charge >= 0.3 is 0 Å². The van der Waals surface area contributed by atoms with E-state index < -0.39 is 0 Å². The van der Waals surface area contributed by atoms with Crippen molar-refractivity contribution in [1.82, 2.24) is 10.2 Å². The summed E-state index contributed by atoms with van der Waals surface area (Å²) >= 11 is 6.01. The standard InChI is InChI=1S/C15H23ClN2O/c1-19-15-6-5-14(16)11-13(15)12-17-7-4-10-18-8-2-3-9-18/h5-6,11,17H,2-4,7-10,12H2,1H3. The number of nitrogens with one attached hydrogen (secondary N) is 1. The largest absolute Gasteiger partial charge is 0.496 e. The van der Waals surface area contributed by atoms with Crippen LogP contribution in [0.3, 0.4) is 0 Å². The molecule has 1 aliphatic heterocycles. The van der Waals surface area contributed by atoms with Crippen LogP contribution in [0.25, 0.3) is 0 Å². The number of nitrogens with zero attached hydrogens (tertiary/aromatic N) is 1. The molecule has 19 heavy (non-hydrogen) atoms. The highest BCUT2D eigenvalue weighted by Gasteiger charge is 2.10. The van der Waals surface area contributed by atoms with Crippen molar-refractivity contribution in [2.75, 3.05) is 33.3 Å². The molecule has 1 aliphatic rings. The monoisotopic (exact) mass is 282 g/mol. The van der Waals surface area contributed by atoms with E-state index >= 15 is 0 Å². The van der Waals surface area contributed by atoms with Crippen LogP contribution in [-0.4, -0.2) is 38.2 Å². The van der Waals surface area contributed by atoms with Gasteiger partial charge in [0.2, 0.25) is 0 Å². The highest BCUT2D eigenvalue weighted by Crippen LogP contribution is 2.22. The number of halogens is 1. The van der Waals surface area contributed by atoms with Crippen molar-refractivity contribution in [3.8, 4) is 5.75 Å². The lowest BCUT2D eigenvalue weighted by molar-refractivity contribution is 0.330. The van der Waals surface area contributed by atoms with E-state index in [1.165, 1.54) is 38.9 Å². The van der Waals surface area contributed by atoms with Crippen LogP contribution in [0.2, 0.25) is 5.02 Å². The molecule has 0 aliphatic carbocycles. The molecule has 0 bridgehead atoms. The fourth-order valence-corrected chi connectivity index (χ4v) is 2.74. The molecule has 1 N–H and O–H groups in total. The van der Waals surface area contributed by atoms with Crippen molar-refractivity contribution in [3.63, 3.8) is 0 Å². The van der Waals surface area contributed by atoms with Crippen molar-refractivity contribution in [2.45, 2.75) is 25.8 Å². The summed E-state index contributed by atoms with van der Waals surface area (Å²) in [5.41, 5.74) is 1.12. The zero-order valence-corrected chi connectivity index (χ0v) is 12.4. The van der Waals surface area contributed by atoms with Gasteiger partial charge in [0.05, 0.1) is 7.11 Å². The van der Waals surface area contributed by atoms with Gasteiger partial charge in [0.15, 0.2) is 0 Å². The average molecular weight is 283 g/mol. The van der Waals surface area contributed by atoms with Gasteiger partial charge in [0.25, 0.3) is 0 Å². The number of rotatable bonds is 7. The van der Waals surface area contributed by atoms with Crippen LogP contribution in [-0.2, 0) is 6.54 Å². The Morgan fingerprint density at radius 2 is 2.11 bits per heavy atom. The van der Waals surface area contributed by atoms with Crippen molar-refractivity contribution < 1.29 is 4.74 Å². The maximum absolute atomic E-state index is 6.01. The molecule has 2 rings (SSSR count). The highest BCUT2D eigenvalue weighted by atomic mass is 35.5. The second kappa shape index (κ2) is 7.73. The van der Waals surface area contributed by atoms with E-state index in [0.717, 1.165) is 29.4 Å². The molecule has 1 aromatic rings. The Kier molecular flexibility index (Phi) is 5.95. The minimum Gasteiger partial charge on any atom is -0.496 e. The Morgan fingerprint density at radius 3 is 2.84 bits per heavy atom. The Morgan fingerprint density at radius 1 is 1.32 bits per heavy atom. The third kappa shape index (κ3) is 4.68. The summed E-state index contributed by atoms with van der Waals surface area (Å²) in [5, 5.41) is 4.22. The Hall–Kier alpha value is -0.770. The average Bonchev–Trinajstić information content (AvgIpc) is 2.92. The predicted octanol–water partition coefficient (Wildman–Crippen LogP) is 2.92. The number of hydrogen-bond acceptors (Lipinski definition) is 3. The van der Waals surface area contributed by atoms with Crippen LogP contribution in [0.4, 0.5) is 0 Å². The van der Waals surface area contributed by atoms with Gasteiger partial charge in [-0.1, -0.05) is 11.6 Å². The van der Waals surface area contributed by atoms with E-state index in [1.807, 2.05) is 18.2 Å². The second-order valence-electron chi connectivity index (χ2n) is 5.04. The molecule has 3 nitrogen and oxygen atoms in total. The summed E-state index contributed by atoms with van der Waals surface area (Å²) in [7, 11) is 1.69. The van der Waals surface area contributed by atoms with Crippen LogP contribution in [0, 0.1) is 0 Å². The van der Waals surface area contributed by atoms with Gasteiger partial charge in [-0.3, -0.25) is 0 Å². The summed E-state index contributed by atoms with van der Waals surface area (Å²) in [4.78, 5) is 2.54. The van der Waals surface area contributed by atoms with Gasteiger partial charge in [-0.2, -0.15) is 0 Å². The smallest absolute Gasteiger partial charge is 0.123 e. The van der Waals surface area contributed by atoms with E-state index in [2.05, 4.69) is 10.2 Å². The van der Waals surface area contributed by atoms with Crippen LogP contribution in [0.1, 0.15) is 24.8 Å². The first-order valence-corrected chi connectivity index (χ1v) is 7.43. The van der Waals surface area contributed by atoms with Crippen LogP contribution < -0.4 is 10.1 Å². The van der Waals surface area contributed by atoms with Crippen molar-refractivity contribution in [3.05, 3.63) is 28.8 Å². The Balaban J connectivity index is 1.68. The molecule has 0 atom stereocenters. The first kappa shape index (κ1) is 14.6. The quantitative estimate of drug-likeness (QED) is 0.778. The number of methoxy groups -OCH3 is 1. The van der Waals surface area contributed by atoms with Gasteiger partial charge in [-0.25, -0.2) is 0 Å². The fraction of sp³-hybridized carbons (Fsp3) is 0.600. The number of benzene rings is 1. The van der Waals surface area contributed by atoms with Crippen molar-refractivity contribution in [1.29, 1.82) is 0 Å². The lowest BCUT2D eigenvalue weighted by atomic mass is 10.2. The minimum absolute atomic E-state index is 0.759. The molecule has 0 aromatic heterocycles. The van der Waals surface area contributed by atoms with E-state index in [4.69, 9.17) is 16.3 Å². The molecular formula is C15H23ClN2O. The number of hydrogen-bond donors (Lipinski definition) is 1. The molecule has 0 saturated carbocycles. The van der Waals surface area contributed by atoms with Crippen molar-refractivity contribution >= 4 is 11.6 Å². The maximum Gasteiger partial charge on any atom is 0.123 e. The number of ether oxygens (including phenoxy) is 1. The summed E-state index contributed by atoms with van der Waals surface area (Å²) in [6.45, 7) is 5.61. The van der Waals surface area contributed by atoms with Gasteiger partial charge < -0.3 is 15.0 Å². The Bertz CT molecular complexity index is 392. The van der Waals surface area contributed by atoms with Gasteiger partial charge in [-0.05, 0) is 63.6 Å². The molecule has 0 spiro atoms. The summed E-state index contributed by atoms with van der Waals surface area (Å²) in [5.74, 6) is 0.899.